The Morgan fingerprint density at radius 3 is 2.69 bits per heavy atom. The van der Waals surface area contributed by atoms with Crippen LogP contribution in [0.5, 0.6) is 0 Å². The summed E-state index contributed by atoms with van der Waals surface area (Å²) in [5, 5.41) is 0. The first-order chi connectivity index (χ1) is 6.13. The van der Waals surface area contributed by atoms with Gasteiger partial charge in [0.25, 0.3) is 0 Å². The van der Waals surface area contributed by atoms with Gasteiger partial charge in [0, 0.05) is 5.57 Å². The minimum atomic E-state index is -0.150. The molecule has 0 saturated heterocycles. The summed E-state index contributed by atoms with van der Waals surface area (Å²) in [5.41, 5.74) is 1.28. The standard InChI is InChI=1S/C11H10O2/c1-3-8(2)6-9-7-10(12)4-5-11(9)13/h3-7H,1H2,2H3/b8-6+. The average Bonchev–Trinajstić information content (AvgIpc) is 2.11. The molecular formula is C11H10O2. The maximum Gasteiger partial charge on any atom is 0.186 e. The topological polar surface area (TPSA) is 34.1 Å². The smallest absolute Gasteiger partial charge is 0.186 e. The van der Waals surface area contributed by atoms with E-state index < -0.39 is 0 Å². The highest BCUT2D eigenvalue weighted by Gasteiger charge is 2.10. The van der Waals surface area contributed by atoms with Gasteiger partial charge in [-0.1, -0.05) is 18.2 Å². The quantitative estimate of drug-likeness (QED) is 0.472. The highest BCUT2D eigenvalue weighted by molar-refractivity contribution is 6.18. The molecule has 2 nitrogen and oxygen atoms in total. The third-order valence-corrected chi connectivity index (χ3v) is 1.69. The summed E-state index contributed by atoms with van der Waals surface area (Å²) in [7, 11) is 0. The maximum absolute atomic E-state index is 11.2. The van der Waals surface area contributed by atoms with Crippen LogP contribution < -0.4 is 0 Å². The molecule has 1 rings (SSSR count). The van der Waals surface area contributed by atoms with Crippen molar-refractivity contribution in [2.45, 2.75) is 6.92 Å². The minimum Gasteiger partial charge on any atom is -0.290 e. The molecule has 0 fully saturated rings. The van der Waals surface area contributed by atoms with E-state index in [1.807, 2.05) is 6.92 Å². The van der Waals surface area contributed by atoms with Crippen molar-refractivity contribution >= 4 is 11.6 Å². The van der Waals surface area contributed by atoms with Crippen LogP contribution in [0.1, 0.15) is 6.92 Å². The van der Waals surface area contributed by atoms with Crippen LogP contribution in [0, 0.1) is 0 Å². The van der Waals surface area contributed by atoms with Crippen LogP contribution in [0.3, 0.4) is 0 Å². The second kappa shape index (κ2) is 3.81. The predicted octanol–water partition coefficient (Wildman–Crippen LogP) is 1.75. The molecule has 0 aromatic carbocycles. The van der Waals surface area contributed by atoms with Crippen molar-refractivity contribution in [2.75, 3.05) is 0 Å². The first kappa shape index (κ1) is 9.39. The summed E-state index contributed by atoms with van der Waals surface area (Å²) >= 11 is 0. The van der Waals surface area contributed by atoms with Gasteiger partial charge < -0.3 is 0 Å². The van der Waals surface area contributed by atoms with Gasteiger partial charge in [0.2, 0.25) is 0 Å². The van der Waals surface area contributed by atoms with E-state index in [4.69, 9.17) is 0 Å². The molecule has 66 valence electrons. The summed E-state index contributed by atoms with van der Waals surface area (Å²) in [6.07, 6.45) is 7.16. The van der Waals surface area contributed by atoms with E-state index >= 15 is 0 Å². The largest absolute Gasteiger partial charge is 0.290 e. The van der Waals surface area contributed by atoms with Crippen LogP contribution >= 0.6 is 0 Å². The Labute approximate surface area is 76.9 Å². The molecule has 0 aromatic rings. The third-order valence-electron chi connectivity index (χ3n) is 1.69. The first-order valence-corrected chi connectivity index (χ1v) is 3.92. The number of carbonyl (C=O) groups is 2. The van der Waals surface area contributed by atoms with E-state index in [9.17, 15) is 9.59 Å². The number of hydrogen-bond donors (Lipinski definition) is 0. The Bertz CT molecular complexity index is 354. The second-order valence-corrected chi connectivity index (χ2v) is 2.79. The van der Waals surface area contributed by atoms with Gasteiger partial charge in [-0.05, 0) is 31.2 Å². The lowest BCUT2D eigenvalue weighted by molar-refractivity contribution is -0.114. The Morgan fingerprint density at radius 1 is 1.38 bits per heavy atom. The van der Waals surface area contributed by atoms with Crippen molar-refractivity contribution in [1.82, 2.24) is 0 Å². The fourth-order valence-corrected chi connectivity index (χ4v) is 0.944. The highest BCUT2D eigenvalue weighted by Crippen LogP contribution is 2.09. The number of hydrogen-bond acceptors (Lipinski definition) is 2. The van der Waals surface area contributed by atoms with Crippen molar-refractivity contribution in [3.8, 4) is 0 Å². The molecule has 0 aliphatic heterocycles. The van der Waals surface area contributed by atoms with Crippen LogP contribution in [-0.2, 0) is 9.59 Å². The maximum atomic E-state index is 11.2. The van der Waals surface area contributed by atoms with Crippen LogP contribution in [0.2, 0.25) is 0 Å². The second-order valence-electron chi connectivity index (χ2n) is 2.79. The van der Waals surface area contributed by atoms with Crippen molar-refractivity contribution in [3.05, 3.63) is 48.1 Å². The zero-order valence-corrected chi connectivity index (χ0v) is 7.41. The van der Waals surface area contributed by atoms with E-state index in [2.05, 4.69) is 6.58 Å². The van der Waals surface area contributed by atoms with Gasteiger partial charge in [-0.3, -0.25) is 9.59 Å². The van der Waals surface area contributed by atoms with E-state index in [0.717, 1.165) is 5.57 Å². The SMILES string of the molecule is C=C/C(C)=C/C1=CC(=O)C=CC1=O. The molecule has 0 bridgehead atoms. The zero-order chi connectivity index (χ0) is 9.84. The molecule has 0 atom stereocenters. The van der Waals surface area contributed by atoms with Gasteiger partial charge in [0.1, 0.15) is 0 Å². The molecular weight excluding hydrogens is 164 g/mol. The lowest BCUT2D eigenvalue weighted by atomic mass is 10.0. The summed E-state index contributed by atoms with van der Waals surface area (Å²) < 4.78 is 0. The normalized spacial score (nSPS) is 17.3. The summed E-state index contributed by atoms with van der Waals surface area (Å²) in [5.74, 6) is -0.288. The predicted molar refractivity (Wildman–Crippen MR) is 51.2 cm³/mol. The van der Waals surface area contributed by atoms with Gasteiger partial charge in [0.15, 0.2) is 11.6 Å². The number of rotatable bonds is 2. The van der Waals surface area contributed by atoms with E-state index in [1.165, 1.54) is 18.2 Å². The summed E-state index contributed by atoms with van der Waals surface area (Å²) in [6.45, 7) is 5.38. The van der Waals surface area contributed by atoms with Crippen LogP contribution in [0.15, 0.2) is 48.1 Å². The summed E-state index contributed by atoms with van der Waals surface area (Å²) in [6, 6.07) is 0. The Morgan fingerprint density at radius 2 is 2.08 bits per heavy atom. The minimum absolute atomic E-state index is 0.138. The molecule has 0 N–H and O–H groups in total. The molecule has 1 aliphatic carbocycles. The fraction of sp³-hybridized carbons (Fsp3) is 0.0909. The average molecular weight is 174 g/mol. The van der Waals surface area contributed by atoms with Crippen molar-refractivity contribution in [3.63, 3.8) is 0 Å². The van der Waals surface area contributed by atoms with E-state index in [-0.39, 0.29) is 11.6 Å². The molecule has 1 aliphatic rings. The lowest BCUT2D eigenvalue weighted by Gasteiger charge is -2.01. The first-order valence-electron chi connectivity index (χ1n) is 3.92. The molecule has 0 saturated carbocycles. The Hall–Kier alpha value is -1.70. The summed E-state index contributed by atoms with van der Waals surface area (Å²) in [4.78, 5) is 22.1. The highest BCUT2D eigenvalue weighted by atomic mass is 16.1. The number of allylic oxidation sites excluding steroid dienone is 7. The molecule has 0 amide bonds. The van der Waals surface area contributed by atoms with Gasteiger partial charge in [-0.2, -0.15) is 0 Å². The molecule has 0 heterocycles. The zero-order valence-electron chi connectivity index (χ0n) is 7.41. The van der Waals surface area contributed by atoms with Gasteiger partial charge in [0.05, 0.1) is 0 Å². The van der Waals surface area contributed by atoms with Crippen molar-refractivity contribution in [2.24, 2.45) is 0 Å². The third kappa shape index (κ3) is 2.37. The fourth-order valence-electron chi connectivity index (χ4n) is 0.944. The molecule has 0 spiro atoms. The Balaban J connectivity index is 2.98. The Kier molecular flexibility index (Phi) is 2.75. The van der Waals surface area contributed by atoms with Gasteiger partial charge in [-0.15, -0.1) is 0 Å². The monoisotopic (exact) mass is 174 g/mol. The van der Waals surface area contributed by atoms with Gasteiger partial charge in [-0.25, -0.2) is 0 Å². The molecule has 0 unspecified atom stereocenters. The molecule has 0 radical (unpaired) electrons. The van der Waals surface area contributed by atoms with E-state index in [1.54, 1.807) is 12.2 Å². The molecule has 2 heteroatoms. The lowest BCUT2D eigenvalue weighted by Crippen LogP contribution is -2.05. The van der Waals surface area contributed by atoms with Crippen LogP contribution in [0.4, 0.5) is 0 Å². The molecule has 0 aromatic heterocycles. The van der Waals surface area contributed by atoms with Crippen LogP contribution in [0.25, 0.3) is 0 Å². The van der Waals surface area contributed by atoms with Crippen molar-refractivity contribution in [1.29, 1.82) is 0 Å². The van der Waals surface area contributed by atoms with E-state index in [0.29, 0.717) is 5.57 Å². The number of ketones is 2. The van der Waals surface area contributed by atoms with Crippen molar-refractivity contribution < 1.29 is 9.59 Å². The molecule has 13 heavy (non-hydrogen) atoms. The number of carbonyl (C=O) groups excluding carboxylic acids is 2. The van der Waals surface area contributed by atoms with Crippen LogP contribution in [-0.4, -0.2) is 11.6 Å². The van der Waals surface area contributed by atoms with Gasteiger partial charge >= 0.3 is 0 Å².